The van der Waals surface area contributed by atoms with Gasteiger partial charge in [0.05, 0.1) is 13.2 Å². The second-order valence-corrected chi connectivity index (χ2v) is 6.42. The van der Waals surface area contributed by atoms with E-state index >= 15 is 0 Å². The molecule has 24 heavy (non-hydrogen) atoms. The van der Waals surface area contributed by atoms with Crippen LogP contribution in [-0.4, -0.2) is 12.2 Å². The molecular formula is C19H17FN2OS. The van der Waals surface area contributed by atoms with E-state index in [1.807, 2.05) is 18.2 Å². The van der Waals surface area contributed by atoms with Crippen molar-refractivity contribution in [1.82, 2.24) is 10.6 Å². The van der Waals surface area contributed by atoms with Crippen molar-refractivity contribution in [1.29, 1.82) is 0 Å². The lowest BCUT2D eigenvalue weighted by Crippen LogP contribution is -2.44. The molecule has 0 bridgehead atoms. The van der Waals surface area contributed by atoms with E-state index in [0.29, 0.717) is 5.11 Å². The number of ether oxygens (including phenoxy) is 1. The number of benzene rings is 2. The molecule has 3 nitrogen and oxygen atoms in total. The van der Waals surface area contributed by atoms with Crippen molar-refractivity contribution >= 4 is 23.0 Å². The van der Waals surface area contributed by atoms with Gasteiger partial charge in [0.2, 0.25) is 0 Å². The minimum absolute atomic E-state index is 0.108. The van der Waals surface area contributed by atoms with Gasteiger partial charge in [-0.2, -0.15) is 0 Å². The van der Waals surface area contributed by atoms with Crippen LogP contribution < -0.4 is 15.4 Å². The molecule has 0 spiro atoms. The number of methoxy groups -OCH3 is 1. The Kier molecular flexibility index (Phi) is 3.73. The molecule has 1 aliphatic heterocycles. The van der Waals surface area contributed by atoms with Gasteiger partial charge >= 0.3 is 0 Å². The maximum atomic E-state index is 13.7. The standard InChI is InChI=1S/C19H17FN2OS/c1-23-14-7-5-11-6-8-15-17(12-3-2-4-13(20)9-12)21-19(24)22-18(15)16(11)10-14/h2-5,7,9-10,17H,6,8H2,1H3,(H2,21,22,24)/t17-/m0/s1. The van der Waals surface area contributed by atoms with Gasteiger partial charge in [-0.15, -0.1) is 0 Å². The molecule has 0 radical (unpaired) electrons. The van der Waals surface area contributed by atoms with Crippen LogP contribution in [0.1, 0.15) is 29.2 Å². The zero-order valence-corrected chi connectivity index (χ0v) is 14.0. The van der Waals surface area contributed by atoms with Gasteiger partial charge in [-0.25, -0.2) is 4.39 Å². The molecule has 0 fully saturated rings. The number of aryl methyl sites for hydroxylation is 1. The van der Waals surface area contributed by atoms with Crippen molar-refractivity contribution in [2.45, 2.75) is 18.9 Å². The SMILES string of the molecule is COc1ccc2c(c1)C1=C(CC2)[C@H](c2cccc(F)c2)NC(=S)N1. The first-order valence-electron chi connectivity index (χ1n) is 7.89. The third-order valence-corrected chi connectivity index (χ3v) is 4.84. The van der Waals surface area contributed by atoms with Crippen LogP contribution >= 0.6 is 12.2 Å². The molecule has 1 atom stereocenters. The average Bonchev–Trinajstić information content (AvgIpc) is 2.60. The van der Waals surface area contributed by atoms with Crippen molar-refractivity contribution in [2.75, 3.05) is 7.11 Å². The fourth-order valence-electron chi connectivity index (χ4n) is 3.48. The average molecular weight is 340 g/mol. The lowest BCUT2D eigenvalue weighted by atomic mass is 9.83. The van der Waals surface area contributed by atoms with Crippen LogP contribution in [0.2, 0.25) is 0 Å². The molecular weight excluding hydrogens is 323 g/mol. The third kappa shape index (κ3) is 2.55. The van der Waals surface area contributed by atoms with Gasteiger partial charge in [-0.3, -0.25) is 0 Å². The van der Waals surface area contributed by atoms with Crippen molar-refractivity contribution in [3.8, 4) is 5.75 Å². The highest BCUT2D eigenvalue weighted by molar-refractivity contribution is 7.80. The monoisotopic (exact) mass is 340 g/mol. The quantitative estimate of drug-likeness (QED) is 0.817. The fraction of sp³-hybridized carbons (Fsp3) is 0.211. The summed E-state index contributed by atoms with van der Waals surface area (Å²) >= 11 is 5.39. The van der Waals surface area contributed by atoms with Crippen LogP contribution in [0.15, 0.2) is 48.0 Å². The Labute approximate surface area is 145 Å². The van der Waals surface area contributed by atoms with Crippen molar-refractivity contribution in [3.63, 3.8) is 0 Å². The highest BCUT2D eigenvalue weighted by atomic mass is 32.1. The van der Waals surface area contributed by atoms with Gasteiger partial charge in [0.1, 0.15) is 11.6 Å². The van der Waals surface area contributed by atoms with Crippen LogP contribution in [0, 0.1) is 5.82 Å². The summed E-state index contributed by atoms with van der Waals surface area (Å²) in [6, 6.07) is 12.7. The van der Waals surface area contributed by atoms with Gasteiger partial charge in [0, 0.05) is 11.3 Å². The number of hydrogen-bond acceptors (Lipinski definition) is 2. The van der Waals surface area contributed by atoms with Crippen LogP contribution in [0.3, 0.4) is 0 Å². The van der Waals surface area contributed by atoms with Crippen molar-refractivity contribution < 1.29 is 9.13 Å². The fourth-order valence-corrected chi connectivity index (χ4v) is 3.70. The minimum atomic E-state index is -0.237. The second-order valence-electron chi connectivity index (χ2n) is 6.01. The lowest BCUT2D eigenvalue weighted by Gasteiger charge is -2.36. The summed E-state index contributed by atoms with van der Waals surface area (Å²) in [7, 11) is 1.66. The van der Waals surface area contributed by atoms with Gasteiger partial charge in [0.15, 0.2) is 5.11 Å². The molecule has 0 saturated heterocycles. The van der Waals surface area contributed by atoms with E-state index in [4.69, 9.17) is 17.0 Å². The van der Waals surface area contributed by atoms with E-state index < -0.39 is 0 Å². The van der Waals surface area contributed by atoms with Crippen LogP contribution in [-0.2, 0) is 6.42 Å². The highest BCUT2D eigenvalue weighted by Crippen LogP contribution is 2.39. The topological polar surface area (TPSA) is 33.3 Å². The van der Waals surface area contributed by atoms with E-state index in [-0.39, 0.29) is 11.9 Å². The first kappa shape index (κ1) is 15.1. The largest absolute Gasteiger partial charge is 0.497 e. The van der Waals surface area contributed by atoms with Gasteiger partial charge in [-0.1, -0.05) is 18.2 Å². The summed E-state index contributed by atoms with van der Waals surface area (Å²) in [4.78, 5) is 0. The molecule has 2 aliphatic rings. The Morgan fingerprint density at radius 1 is 1.17 bits per heavy atom. The molecule has 0 amide bonds. The predicted octanol–water partition coefficient (Wildman–Crippen LogP) is 3.71. The molecule has 4 rings (SSSR count). The van der Waals surface area contributed by atoms with Crippen LogP contribution in [0.5, 0.6) is 5.75 Å². The molecule has 2 aromatic rings. The van der Waals surface area contributed by atoms with E-state index in [0.717, 1.165) is 35.4 Å². The maximum Gasteiger partial charge on any atom is 0.171 e. The van der Waals surface area contributed by atoms with Gasteiger partial charge < -0.3 is 15.4 Å². The smallest absolute Gasteiger partial charge is 0.171 e. The summed E-state index contributed by atoms with van der Waals surface area (Å²) in [5.41, 5.74) is 5.49. The van der Waals surface area contributed by atoms with Gasteiger partial charge in [-0.05, 0) is 66.0 Å². The Hall–Kier alpha value is -2.40. The summed E-state index contributed by atoms with van der Waals surface area (Å²) < 4.78 is 19.0. The van der Waals surface area contributed by atoms with Crippen LogP contribution in [0.4, 0.5) is 4.39 Å². The van der Waals surface area contributed by atoms with Crippen LogP contribution in [0.25, 0.3) is 5.70 Å². The second kappa shape index (κ2) is 5.91. The normalized spacial score (nSPS) is 19.1. The molecule has 5 heteroatoms. The van der Waals surface area contributed by atoms with E-state index in [2.05, 4.69) is 16.7 Å². The van der Waals surface area contributed by atoms with Gasteiger partial charge in [0.25, 0.3) is 0 Å². The van der Waals surface area contributed by atoms with Crippen molar-refractivity contribution in [3.05, 3.63) is 70.5 Å². The Bertz CT molecular complexity index is 862. The highest BCUT2D eigenvalue weighted by Gasteiger charge is 2.31. The number of thiocarbonyl (C=S) groups is 1. The number of hydrogen-bond donors (Lipinski definition) is 2. The molecule has 2 N–H and O–H groups in total. The molecule has 0 unspecified atom stereocenters. The molecule has 2 aromatic carbocycles. The van der Waals surface area contributed by atoms with Crippen molar-refractivity contribution in [2.24, 2.45) is 0 Å². The Balaban J connectivity index is 1.85. The van der Waals surface area contributed by atoms with E-state index in [1.165, 1.54) is 17.2 Å². The Morgan fingerprint density at radius 2 is 2.04 bits per heavy atom. The lowest BCUT2D eigenvalue weighted by molar-refractivity contribution is 0.414. The molecule has 1 heterocycles. The number of fused-ring (bicyclic) bond motifs is 2. The Morgan fingerprint density at radius 3 is 2.83 bits per heavy atom. The summed E-state index contributed by atoms with van der Waals surface area (Å²) in [6.07, 6.45) is 1.85. The predicted molar refractivity (Wildman–Crippen MR) is 96.2 cm³/mol. The molecule has 122 valence electrons. The number of halogens is 1. The minimum Gasteiger partial charge on any atom is -0.497 e. The summed E-state index contributed by atoms with van der Waals surface area (Å²) in [6.45, 7) is 0. The van der Waals surface area contributed by atoms with E-state index in [9.17, 15) is 4.39 Å². The maximum absolute atomic E-state index is 13.7. The molecule has 0 saturated carbocycles. The zero-order chi connectivity index (χ0) is 16.7. The first-order chi connectivity index (χ1) is 11.7. The zero-order valence-electron chi connectivity index (χ0n) is 13.2. The summed E-state index contributed by atoms with van der Waals surface area (Å²) in [5.74, 6) is 0.579. The number of rotatable bonds is 2. The van der Waals surface area contributed by atoms with E-state index in [1.54, 1.807) is 19.2 Å². The third-order valence-electron chi connectivity index (χ3n) is 4.62. The number of nitrogens with one attached hydrogen (secondary N) is 2. The molecule has 1 aliphatic carbocycles. The first-order valence-corrected chi connectivity index (χ1v) is 8.30. The molecule has 0 aromatic heterocycles. The summed E-state index contributed by atoms with van der Waals surface area (Å²) in [5, 5.41) is 7.13.